The van der Waals surface area contributed by atoms with E-state index in [0.717, 1.165) is 18.4 Å². The van der Waals surface area contributed by atoms with Gasteiger partial charge >= 0.3 is 0 Å². The van der Waals surface area contributed by atoms with Crippen molar-refractivity contribution in [3.63, 3.8) is 0 Å². The number of anilines is 1. The minimum atomic E-state index is -0.298. The van der Waals surface area contributed by atoms with Crippen molar-refractivity contribution >= 4 is 17.4 Å². The number of halogens is 1. The smallest absolute Gasteiger partial charge is 0.225 e. The standard InChI is InChI=1S/C18H17FN6O/c19-13-5-3-11(4-6-13)17-22-21-16-8-7-15(23-25(16)17)20-14-9-24(10-14)18(26)12-1-2-12/h3-8,12,14H,1-2,9-10H2,(H,20,23). The minimum absolute atomic E-state index is 0.202. The predicted molar refractivity (Wildman–Crippen MR) is 92.9 cm³/mol. The van der Waals surface area contributed by atoms with Crippen molar-refractivity contribution in [1.29, 1.82) is 0 Å². The number of carbonyl (C=O) groups excluding carboxylic acids is 1. The molecule has 0 radical (unpaired) electrons. The molecular formula is C18H17FN6O. The van der Waals surface area contributed by atoms with Gasteiger partial charge in [0.25, 0.3) is 0 Å². The molecule has 5 rings (SSSR count). The number of nitrogens with zero attached hydrogens (tertiary/aromatic N) is 5. The zero-order valence-corrected chi connectivity index (χ0v) is 14.0. The van der Waals surface area contributed by atoms with Gasteiger partial charge in [-0.2, -0.15) is 4.52 Å². The maximum absolute atomic E-state index is 13.1. The topological polar surface area (TPSA) is 75.4 Å². The molecule has 1 aromatic carbocycles. The summed E-state index contributed by atoms with van der Waals surface area (Å²) in [5, 5.41) is 16.2. The van der Waals surface area contributed by atoms with Crippen LogP contribution in [0.25, 0.3) is 17.0 Å². The first kappa shape index (κ1) is 15.2. The third kappa shape index (κ3) is 2.67. The number of amides is 1. The Morgan fingerprint density at radius 3 is 2.58 bits per heavy atom. The largest absolute Gasteiger partial charge is 0.362 e. The van der Waals surface area contributed by atoms with Crippen molar-refractivity contribution in [2.45, 2.75) is 18.9 Å². The van der Waals surface area contributed by atoms with E-state index < -0.39 is 0 Å². The van der Waals surface area contributed by atoms with E-state index in [1.54, 1.807) is 16.6 Å². The van der Waals surface area contributed by atoms with Gasteiger partial charge < -0.3 is 10.2 Å². The molecule has 1 aliphatic heterocycles. The Morgan fingerprint density at radius 1 is 1.08 bits per heavy atom. The molecule has 1 amide bonds. The van der Waals surface area contributed by atoms with Gasteiger partial charge in [0.15, 0.2) is 11.5 Å². The highest BCUT2D eigenvalue weighted by Gasteiger charge is 2.39. The fraction of sp³-hybridized carbons (Fsp3) is 0.333. The number of hydrogen-bond acceptors (Lipinski definition) is 5. The molecule has 1 aliphatic carbocycles. The highest BCUT2D eigenvalue weighted by atomic mass is 19.1. The van der Waals surface area contributed by atoms with Crippen molar-refractivity contribution in [3.05, 3.63) is 42.2 Å². The second-order valence-electron chi connectivity index (χ2n) is 6.88. The van der Waals surface area contributed by atoms with Crippen molar-refractivity contribution in [2.75, 3.05) is 18.4 Å². The highest BCUT2D eigenvalue weighted by molar-refractivity contribution is 5.82. The average Bonchev–Trinajstić information content (AvgIpc) is 3.38. The van der Waals surface area contributed by atoms with Crippen LogP contribution in [0.3, 0.4) is 0 Å². The maximum atomic E-state index is 13.1. The number of carbonyl (C=O) groups is 1. The Kier molecular flexibility index (Phi) is 3.37. The minimum Gasteiger partial charge on any atom is -0.362 e. The normalized spacial score (nSPS) is 17.3. The first-order valence-electron chi connectivity index (χ1n) is 8.71. The van der Waals surface area contributed by atoms with E-state index in [9.17, 15) is 9.18 Å². The van der Waals surface area contributed by atoms with Crippen LogP contribution in [0.1, 0.15) is 12.8 Å². The lowest BCUT2D eigenvalue weighted by molar-refractivity contribution is -0.136. The summed E-state index contributed by atoms with van der Waals surface area (Å²) in [6, 6.07) is 9.97. The molecule has 3 heterocycles. The number of hydrogen-bond donors (Lipinski definition) is 1. The van der Waals surface area contributed by atoms with Gasteiger partial charge in [-0.25, -0.2) is 4.39 Å². The van der Waals surface area contributed by atoms with Crippen LogP contribution < -0.4 is 5.32 Å². The lowest BCUT2D eigenvalue weighted by Gasteiger charge is -2.40. The van der Waals surface area contributed by atoms with Crippen LogP contribution in [0.4, 0.5) is 10.2 Å². The summed E-state index contributed by atoms with van der Waals surface area (Å²) in [7, 11) is 0. The summed E-state index contributed by atoms with van der Waals surface area (Å²) in [6.45, 7) is 1.42. The molecule has 0 atom stereocenters. The van der Waals surface area contributed by atoms with Crippen molar-refractivity contribution in [2.24, 2.45) is 5.92 Å². The van der Waals surface area contributed by atoms with Gasteiger partial charge in [0.2, 0.25) is 5.91 Å². The predicted octanol–water partition coefficient (Wildman–Crippen LogP) is 1.96. The molecule has 8 heteroatoms. The van der Waals surface area contributed by atoms with Gasteiger partial charge in [0.05, 0.1) is 6.04 Å². The van der Waals surface area contributed by atoms with Crippen LogP contribution in [0.15, 0.2) is 36.4 Å². The van der Waals surface area contributed by atoms with Gasteiger partial charge in [-0.15, -0.1) is 15.3 Å². The molecule has 1 N–H and O–H groups in total. The Morgan fingerprint density at radius 2 is 1.85 bits per heavy atom. The van der Waals surface area contributed by atoms with Gasteiger partial charge in [0, 0.05) is 24.6 Å². The monoisotopic (exact) mass is 352 g/mol. The van der Waals surface area contributed by atoms with Crippen molar-refractivity contribution in [1.82, 2.24) is 24.7 Å². The van der Waals surface area contributed by atoms with Gasteiger partial charge in [-0.3, -0.25) is 4.79 Å². The third-order valence-electron chi connectivity index (χ3n) is 4.84. The van der Waals surface area contributed by atoms with E-state index in [1.165, 1.54) is 12.1 Å². The lowest BCUT2D eigenvalue weighted by Crippen LogP contribution is -2.57. The third-order valence-corrected chi connectivity index (χ3v) is 4.84. The molecule has 0 spiro atoms. The molecule has 1 saturated carbocycles. The molecule has 132 valence electrons. The van der Waals surface area contributed by atoms with E-state index in [4.69, 9.17) is 0 Å². The molecule has 0 unspecified atom stereocenters. The first-order chi connectivity index (χ1) is 12.7. The number of fused-ring (bicyclic) bond motifs is 1. The Labute approximate surface area is 148 Å². The van der Waals surface area contributed by atoms with Crippen molar-refractivity contribution < 1.29 is 9.18 Å². The van der Waals surface area contributed by atoms with Crippen LogP contribution in [-0.2, 0) is 4.79 Å². The summed E-state index contributed by atoms with van der Waals surface area (Å²) in [5.74, 6) is 1.50. The molecule has 0 bridgehead atoms. The van der Waals surface area contributed by atoms with Crippen LogP contribution in [0.2, 0.25) is 0 Å². The van der Waals surface area contributed by atoms with E-state index in [1.807, 2.05) is 17.0 Å². The van der Waals surface area contributed by atoms with Gasteiger partial charge in [-0.05, 0) is 49.2 Å². The van der Waals surface area contributed by atoms with Crippen LogP contribution >= 0.6 is 0 Å². The Bertz CT molecular complexity index is 975. The number of benzene rings is 1. The fourth-order valence-electron chi connectivity index (χ4n) is 3.19. The van der Waals surface area contributed by atoms with E-state index in [2.05, 4.69) is 20.6 Å². The second kappa shape index (κ2) is 5.76. The molecule has 1 saturated heterocycles. The molecule has 7 nitrogen and oxygen atoms in total. The Balaban J connectivity index is 1.34. The Hall–Kier alpha value is -3.03. The first-order valence-corrected chi connectivity index (χ1v) is 8.71. The van der Waals surface area contributed by atoms with Crippen molar-refractivity contribution in [3.8, 4) is 11.4 Å². The quantitative estimate of drug-likeness (QED) is 0.777. The van der Waals surface area contributed by atoms with E-state index in [0.29, 0.717) is 30.4 Å². The van der Waals surface area contributed by atoms with Crippen LogP contribution in [0.5, 0.6) is 0 Å². The number of aromatic nitrogens is 4. The summed E-state index contributed by atoms with van der Waals surface area (Å²) in [6.07, 6.45) is 2.07. The summed E-state index contributed by atoms with van der Waals surface area (Å²) >= 11 is 0. The zero-order valence-electron chi connectivity index (χ0n) is 14.0. The molecule has 2 aromatic heterocycles. The number of nitrogens with one attached hydrogen (secondary N) is 1. The highest BCUT2D eigenvalue weighted by Crippen LogP contribution is 2.32. The van der Waals surface area contributed by atoms with Crippen LogP contribution in [0, 0.1) is 11.7 Å². The fourth-order valence-corrected chi connectivity index (χ4v) is 3.19. The molecule has 26 heavy (non-hydrogen) atoms. The average molecular weight is 352 g/mol. The molecule has 2 fully saturated rings. The lowest BCUT2D eigenvalue weighted by atomic mass is 10.1. The molecule has 3 aromatic rings. The van der Waals surface area contributed by atoms with E-state index >= 15 is 0 Å². The van der Waals surface area contributed by atoms with Gasteiger partial charge in [0.1, 0.15) is 11.6 Å². The number of likely N-dealkylation sites (tertiary alicyclic amines) is 1. The SMILES string of the molecule is O=C(C1CC1)N1CC(Nc2ccc3nnc(-c4ccc(F)cc4)n3n2)C1. The molecular weight excluding hydrogens is 335 g/mol. The number of rotatable bonds is 4. The van der Waals surface area contributed by atoms with Gasteiger partial charge in [-0.1, -0.05) is 0 Å². The second-order valence-corrected chi connectivity index (χ2v) is 6.88. The summed E-state index contributed by atoms with van der Waals surface area (Å²) in [5.41, 5.74) is 1.36. The summed E-state index contributed by atoms with van der Waals surface area (Å²) < 4.78 is 14.8. The molecule has 2 aliphatic rings. The zero-order chi connectivity index (χ0) is 17.7. The van der Waals surface area contributed by atoms with Crippen LogP contribution in [-0.4, -0.2) is 49.7 Å². The summed E-state index contributed by atoms with van der Waals surface area (Å²) in [4.78, 5) is 13.9. The van der Waals surface area contributed by atoms with E-state index in [-0.39, 0.29) is 23.7 Å². The maximum Gasteiger partial charge on any atom is 0.225 e.